The lowest BCUT2D eigenvalue weighted by molar-refractivity contribution is -0.00942. The van der Waals surface area contributed by atoms with Crippen LogP contribution in [-0.4, -0.2) is 11.6 Å². The van der Waals surface area contributed by atoms with Crippen LogP contribution in [-0.2, 0) is 4.74 Å². The van der Waals surface area contributed by atoms with Crippen molar-refractivity contribution in [1.82, 2.24) is 4.98 Å². The van der Waals surface area contributed by atoms with E-state index in [1.807, 2.05) is 30.6 Å². The van der Waals surface area contributed by atoms with Gasteiger partial charge in [0.05, 0.1) is 12.0 Å². The Bertz CT molecular complexity index is 597. The van der Waals surface area contributed by atoms with E-state index in [1.165, 1.54) is 0 Å². The summed E-state index contributed by atoms with van der Waals surface area (Å²) in [5.41, 5.74) is 1.04. The van der Waals surface area contributed by atoms with Crippen LogP contribution in [0.3, 0.4) is 0 Å². The molecule has 3 nitrogen and oxygen atoms in total. The summed E-state index contributed by atoms with van der Waals surface area (Å²) in [4.78, 5) is 4.27. The molecule has 0 aliphatic carbocycles. The van der Waals surface area contributed by atoms with Crippen LogP contribution < -0.4 is 0 Å². The van der Waals surface area contributed by atoms with Crippen molar-refractivity contribution < 1.29 is 4.74 Å². The van der Waals surface area contributed by atoms with Gasteiger partial charge in [-0.05, 0) is 18.2 Å². The number of pyridine rings is 1. The van der Waals surface area contributed by atoms with Gasteiger partial charge >= 0.3 is 0 Å². The van der Waals surface area contributed by atoms with Crippen molar-refractivity contribution in [1.29, 1.82) is 5.26 Å². The Morgan fingerprint density at radius 1 is 1.28 bits per heavy atom. The first-order valence-corrected chi connectivity index (χ1v) is 6.24. The zero-order chi connectivity index (χ0) is 12.4. The van der Waals surface area contributed by atoms with Crippen LogP contribution in [0, 0.1) is 17.2 Å². The number of nitriles is 1. The Kier molecular flexibility index (Phi) is 2.95. The summed E-state index contributed by atoms with van der Waals surface area (Å²) in [5, 5.41) is 11.5. The van der Waals surface area contributed by atoms with Crippen LogP contribution in [0.1, 0.15) is 24.5 Å². The van der Waals surface area contributed by atoms with Gasteiger partial charge in [0.15, 0.2) is 0 Å². The van der Waals surface area contributed by atoms with Gasteiger partial charge in [-0.3, -0.25) is 4.98 Å². The molecule has 2 heterocycles. The Morgan fingerprint density at radius 3 is 3.06 bits per heavy atom. The first-order chi connectivity index (χ1) is 8.90. The topological polar surface area (TPSA) is 45.9 Å². The van der Waals surface area contributed by atoms with Crippen LogP contribution in [0.15, 0.2) is 36.7 Å². The van der Waals surface area contributed by atoms with E-state index in [9.17, 15) is 5.26 Å². The molecule has 3 rings (SSSR count). The van der Waals surface area contributed by atoms with Gasteiger partial charge in [-0.15, -0.1) is 0 Å². The Balaban J connectivity index is 2.11. The lowest BCUT2D eigenvalue weighted by Gasteiger charge is -2.28. The summed E-state index contributed by atoms with van der Waals surface area (Å²) >= 11 is 0. The van der Waals surface area contributed by atoms with Crippen molar-refractivity contribution in [3.63, 3.8) is 0 Å². The number of aromatic nitrogens is 1. The number of hydrogen-bond donors (Lipinski definition) is 0. The minimum atomic E-state index is -0.137. The predicted molar refractivity (Wildman–Crippen MR) is 68.8 cm³/mol. The molecule has 2 unspecified atom stereocenters. The molecular weight excluding hydrogens is 224 g/mol. The van der Waals surface area contributed by atoms with Crippen molar-refractivity contribution in [2.75, 3.05) is 6.61 Å². The summed E-state index contributed by atoms with van der Waals surface area (Å²) in [6, 6.07) is 10.5. The zero-order valence-corrected chi connectivity index (χ0v) is 10.0. The molecule has 2 atom stereocenters. The number of rotatable bonds is 1. The molecule has 1 aromatic heterocycles. The number of hydrogen-bond acceptors (Lipinski definition) is 3. The minimum absolute atomic E-state index is 0.0636. The van der Waals surface area contributed by atoms with Gasteiger partial charge in [0, 0.05) is 30.0 Å². The highest BCUT2D eigenvalue weighted by Crippen LogP contribution is 2.36. The summed E-state index contributed by atoms with van der Waals surface area (Å²) < 4.78 is 5.81. The van der Waals surface area contributed by atoms with Crippen LogP contribution in [0.5, 0.6) is 0 Å². The molecule has 0 N–H and O–H groups in total. The van der Waals surface area contributed by atoms with E-state index in [2.05, 4.69) is 17.1 Å². The maximum atomic E-state index is 9.24. The van der Waals surface area contributed by atoms with Gasteiger partial charge in [-0.2, -0.15) is 5.26 Å². The SMILES string of the molecule is N#CC1CCCOC1c1cncc2ccccc12. The maximum Gasteiger partial charge on any atom is 0.100 e. The van der Waals surface area contributed by atoms with Crippen molar-refractivity contribution in [2.45, 2.75) is 18.9 Å². The fraction of sp³-hybridized carbons (Fsp3) is 0.333. The van der Waals surface area contributed by atoms with E-state index in [4.69, 9.17) is 4.74 Å². The summed E-state index contributed by atoms with van der Waals surface area (Å²) in [6.45, 7) is 0.728. The van der Waals surface area contributed by atoms with Crippen LogP contribution in [0.25, 0.3) is 10.8 Å². The number of fused-ring (bicyclic) bond motifs is 1. The number of ether oxygens (including phenoxy) is 1. The average molecular weight is 238 g/mol. The minimum Gasteiger partial charge on any atom is -0.372 e. The van der Waals surface area contributed by atoms with Crippen molar-refractivity contribution in [3.8, 4) is 6.07 Å². The lowest BCUT2D eigenvalue weighted by atomic mass is 9.89. The zero-order valence-electron chi connectivity index (χ0n) is 10.0. The molecule has 0 bridgehead atoms. The Hall–Kier alpha value is -1.92. The monoisotopic (exact) mass is 238 g/mol. The van der Waals surface area contributed by atoms with Gasteiger partial charge in [-0.1, -0.05) is 24.3 Å². The summed E-state index contributed by atoms with van der Waals surface area (Å²) in [7, 11) is 0. The maximum absolute atomic E-state index is 9.24. The predicted octanol–water partition coefficient (Wildman–Crippen LogP) is 3.23. The van der Waals surface area contributed by atoms with E-state index < -0.39 is 0 Å². The molecule has 1 saturated heterocycles. The molecule has 1 aliphatic heterocycles. The van der Waals surface area contributed by atoms with E-state index in [-0.39, 0.29) is 12.0 Å². The third-order valence-corrected chi connectivity index (χ3v) is 3.49. The highest BCUT2D eigenvalue weighted by atomic mass is 16.5. The molecule has 0 saturated carbocycles. The molecule has 3 heteroatoms. The first-order valence-electron chi connectivity index (χ1n) is 6.24. The van der Waals surface area contributed by atoms with Gasteiger partial charge in [0.1, 0.15) is 6.10 Å². The van der Waals surface area contributed by atoms with Crippen LogP contribution >= 0.6 is 0 Å². The summed E-state index contributed by atoms with van der Waals surface area (Å²) in [5.74, 6) is -0.0636. The third kappa shape index (κ3) is 1.85. The van der Waals surface area contributed by atoms with E-state index in [0.717, 1.165) is 35.8 Å². The highest BCUT2D eigenvalue weighted by Gasteiger charge is 2.28. The van der Waals surface area contributed by atoms with Gasteiger partial charge in [0.25, 0.3) is 0 Å². The number of nitrogens with zero attached hydrogens (tertiary/aromatic N) is 2. The van der Waals surface area contributed by atoms with Crippen molar-refractivity contribution >= 4 is 10.8 Å². The molecule has 1 aromatic carbocycles. The second-order valence-corrected chi connectivity index (χ2v) is 4.62. The molecule has 0 radical (unpaired) electrons. The second-order valence-electron chi connectivity index (χ2n) is 4.62. The average Bonchev–Trinajstić information content (AvgIpc) is 2.46. The normalized spacial score (nSPS) is 23.7. The molecule has 2 aromatic rings. The van der Waals surface area contributed by atoms with Crippen LogP contribution in [0.2, 0.25) is 0 Å². The third-order valence-electron chi connectivity index (χ3n) is 3.49. The first kappa shape index (κ1) is 11.2. The molecule has 0 spiro atoms. The van der Waals surface area contributed by atoms with Gasteiger partial charge in [0.2, 0.25) is 0 Å². The molecule has 1 aliphatic rings. The van der Waals surface area contributed by atoms with Gasteiger partial charge in [-0.25, -0.2) is 0 Å². The molecule has 18 heavy (non-hydrogen) atoms. The van der Waals surface area contributed by atoms with E-state index in [1.54, 1.807) is 0 Å². The quantitative estimate of drug-likeness (QED) is 0.766. The number of benzene rings is 1. The summed E-state index contributed by atoms with van der Waals surface area (Å²) in [6.07, 6.45) is 5.42. The Labute approximate surface area is 106 Å². The van der Waals surface area contributed by atoms with Crippen molar-refractivity contribution in [2.24, 2.45) is 5.92 Å². The Morgan fingerprint density at radius 2 is 2.17 bits per heavy atom. The van der Waals surface area contributed by atoms with Crippen LogP contribution in [0.4, 0.5) is 0 Å². The van der Waals surface area contributed by atoms with E-state index in [0.29, 0.717) is 0 Å². The molecule has 1 fully saturated rings. The fourth-order valence-corrected chi connectivity index (χ4v) is 2.59. The molecule has 90 valence electrons. The van der Waals surface area contributed by atoms with E-state index >= 15 is 0 Å². The largest absolute Gasteiger partial charge is 0.372 e. The standard InChI is InChI=1S/C15H14N2O/c16-8-11-5-3-7-18-15(11)14-10-17-9-12-4-1-2-6-13(12)14/h1-2,4,6,9-11,15H,3,5,7H2. The molecular formula is C15H14N2O. The fourth-order valence-electron chi connectivity index (χ4n) is 2.59. The smallest absolute Gasteiger partial charge is 0.100 e. The molecule has 0 amide bonds. The van der Waals surface area contributed by atoms with Gasteiger partial charge < -0.3 is 4.74 Å². The lowest BCUT2D eigenvalue weighted by Crippen LogP contribution is -2.21. The highest BCUT2D eigenvalue weighted by molar-refractivity contribution is 5.85. The van der Waals surface area contributed by atoms with Crippen molar-refractivity contribution in [3.05, 3.63) is 42.2 Å². The second kappa shape index (κ2) is 4.75.